The fraction of sp³-hybridized carbons (Fsp3) is 0.280. The van der Waals surface area contributed by atoms with Gasteiger partial charge in [-0.25, -0.2) is 9.78 Å². The predicted molar refractivity (Wildman–Crippen MR) is 131 cm³/mol. The molecule has 0 saturated carbocycles. The topological polar surface area (TPSA) is 101 Å². The fourth-order valence-corrected chi connectivity index (χ4v) is 4.41. The predicted octanol–water partition coefficient (Wildman–Crippen LogP) is 4.90. The number of hydrogen-bond acceptors (Lipinski definition) is 6. The molecule has 0 unspecified atom stereocenters. The number of aromatic nitrogens is 1. The fourth-order valence-electron chi connectivity index (χ4n) is 3.69. The molecule has 9 heteroatoms. The van der Waals surface area contributed by atoms with Gasteiger partial charge in [-0.1, -0.05) is 49.4 Å². The highest BCUT2D eigenvalue weighted by Gasteiger charge is 2.35. The van der Waals surface area contributed by atoms with Crippen LogP contribution in [0, 0.1) is 0 Å². The van der Waals surface area contributed by atoms with Crippen LogP contribution in [-0.4, -0.2) is 40.4 Å². The Kier molecular flexibility index (Phi) is 7.54. The number of carbonyl (C=O) groups excluding carboxylic acids is 3. The van der Waals surface area contributed by atoms with Gasteiger partial charge in [-0.05, 0) is 30.5 Å². The molecule has 3 aromatic rings. The normalized spacial score (nSPS) is 15.1. The first kappa shape index (κ1) is 23.4. The first-order chi connectivity index (χ1) is 16.5. The second kappa shape index (κ2) is 10.9. The van der Waals surface area contributed by atoms with Crippen molar-refractivity contribution in [2.45, 2.75) is 38.8 Å². The van der Waals surface area contributed by atoms with Gasteiger partial charge in [0.2, 0.25) is 11.8 Å². The van der Waals surface area contributed by atoms with Crippen molar-refractivity contribution in [3.05, 3.63) is 65.5 Å². The minimum atomic E-state index is -0.586. The van der Waals surface area contributed by atoms with E-state index in [1.165, 1.54) is 16.2 Å². The van der Waals surface area contributed by atoms with E-state index in [9.17, 15) is 14.4 Å². The Morgan fingerprint density at radius 2 is 1.85 bits per heavy atom. The molecule has 34 heavy (non-hydrogen) atoms. The minimum absolute atomic E-state index is 0.0451. The number of benzene rings is 2. The Bertz CT molecular complexity index is 1150. The molecule has 1 aliphatic rings. The number of hydrogen-bond donors (Lipinski definition) is 2. The number of carbonyl (C=O) groups is 3. The second-order valence-electron chi connectivity index (χ2n) is 7.90. The number of nitrogens with zero attached hydrogens (tertiary/aromatic N) is 2. The van der Waals surface area contributed by atoms with E-state index in [1.807, 2.05) is 60.0 Å². The molecular weight excluding hydrogens is 452 g/mol. The molecule has 3 amide bonds. The summed E-state index contributed by atoms with van der Waals surface area (Å²) >= 11 is 1.32. The monoisotopic (exact) mass is 478 g/mol. The summed E-state index contributed by atoms with van der Waals surface area (Å²) in [6.45, 7) is 2.45. The number of nitrogens with one attached hydrogen (secondary N) is 2. The SMILES string of the molecule is CCC(=O)Nc1ccc(-c2csc(NC(=O)[C@H]3CCCN3C(=O)OCc3ccccc3)n2)cc1. The first-order valence-corrected chi connectivity index (χ1v) is 12.1. The highest BCUT2D eigenvalue weighted by molar-refractivity contribution is 7.14. The Balaban J connectivity index is 1.34. The largest absolute Gasteiger partial charge is 0.445 e. The molecular formula is C25H26N4O4S. The maximum atomic E-state index is 12.9. The van der Waals surface area contributed by atoms with Gasteiger partial charge in [0.25, 0.3) is 0 Å². The molecule has 1 aromatic heterocycles. The van der Waals surface area contributed by atoms with Gasteiger partial charge in [-0.2, -0.15) is 0 Å². The van der Waals surface area contributed by atoms with Crippen molar-refractivity contribution >= 4 is 40.1 Å². The van der Waals surface area contributed by atoms with Crippen LogP contribution in [0.5, 0.6) is 0 Å². The summed E-state index contributed by atoms with van der Waals surface area (Å²) in [6.07, 6.45) is 1.24. The Morgan fingerprint density at radius 3 is 2.59 bits per heavy atom. The number of thiazole rings is 1. The average Bonchev–Trinajstić information content (AvgIpc) is 3.54. The molecule has 8 nitrogen and oxygen atoms in total. The molecule has 0 radical (unpaired) electrons. The lowest BCUT2D eigenvalue weighted by molar-refractivity contribution is -0.120. The van der Waals surface area contributed by atoms with E-state index in [-0.39, 0.29) is 18.4 Å². The Morgan fingerprint density at radius 1 is 1.09 bits per heavy atom. The molecule has 0 bridgehead atoms. The van der Waals surface area contributed by atoms with Gasteiger partial charge in [0, 0.05) is 29.6 Å². The lowest BCUT2D eigenvalue weighted by atomic mass is 10.1. The molecule has 1 atom stereocenters. The lowest BCUT2D eigenvalue weighted by Crippen LogP contribution is -2.43. The minimum Gasteiger partial charge on any atom is -0.445 e. The van der Waals surface area contributed by atoms with Crippen LogP contribution in [0.15, 0.2) is 60.0 Å². The third kappa shape index (κ3) is 5.79. The van der Waals surface area contributed by atoms with Gasteiger partial charge in [0.05, 0.1) is 5.69 Å². The summed E-state index contributed by atoms with van der Waals surface area (Å²) in [5, 5.41) is 7.97. The van der Waals surface area contributed by atoms with Crippen molar-refractivity contribution in [3.8, 4) is 11.3 Å². The van der Waals surface area contributed by atoms with Crippen LogP contribution >= 0.6 is 11.3 Å². The van der Waals surface area contributed by atoms with E-state index in [2.05, 4.69) is 15.6 Å². The van der Waals surface area contributed by atoms with Crippen molar-refractivity contribution in [3.63, 3.8) is 0 Å². The van der Waals surface area contributed by atoms with Crippen LogP contribution in [0.3, 0.4) is 0 Å². The summed E-state index contributed by atoms with van der Waals surface area (Å²) < 4.78 is 5.41. The van der Waals surface area contributed by atoms with Gasteiger partial charge in [-0.15, -0.1) is 11.3 Å². The Hall–Kier alpha value is -3.72. The van der Waals surface area contributed by atoms with Crippen molar-refractivity contribution in [2.24, 2.45) is 0 Å². The summed E-state index contributed by atoms with van der Waals surface area (Å²) in [7, 11) is 0. The standard InChI is InChI=1S/C25H26N4O4S/c1-2-22(30)26-19-12-10-18(11-13-19)20-16-34-24(27-20)28-23(31)21-9-6-14-29(21)25(32)33-15-17-7-4-3-5-8-17/h3-5,7-8,10-13,16,21H,2,6,9,14-15H2,1H3,(H,26,30)(H,27,28,31)/t21-/m1/s1. The van der Waals surface area contributed by atoms with Crippen LogP contribution in [0.4, 0.5) is 15.6 Å². The van der Waals surface area contributed by atoms with E-state index in [1.54, 1.807) is 6.92 Å². The van der Waals surface area contributed by atoms with Crippen molar-refractivity contribution in [1.82, 2.24) is 9.88 Å². The lowest BCUT2D eigenvalue weighted by Gasteiger charge is -2.22. The molecule has 0 aliphatic carbocycles. The van der Waals surface area contributed by atoms with E-state index < -0.39 is 12.1 Å². The van der Waals surface area contributed by atoms with Crippen molar-refractivity contribution < 1.29 is 19.1 Å². The average molecular weight is 479 g/mol. The van der Waals surface area contributed by atoms with Gasteiger partial charge < -0.3 is 15.4 Å². The van der Waals surface area contributed by atoms with Crippen LogP contribution in [0.1, 0.15) is 31.7 Å². The van der Waals surface area contributed by atoms with Gasteiger partial charge in [-0.3, -0.25) is 14.5 Å². The first-order valence-electron chi connectivity index (χ1n) is 11.2. The van der Waals surface area contributed by atoms with Crippen molar-refractivity contribution in [2.75, 3.05) is 17.2 Å². The van der Waals surface area contributed by atoms with E-state index >= 15 is 0 Å². The number of anilines is 2. The maximum Gasteiger partial charge on any atom is 0.410 e. The zero-order valence-corrected chi connectivity index (χ0v) is 19.6. The maximum absolute atomic E-state index is 12.9. The number of ether oxygens (including phenoxy) is 1. The summed E-state index contributed by atoms with van der Waals surface area (Å²) in [4.78, 5) is 43.0. The molecule has 0 spiro atoms. The zero-order valence-electron chi connectivity index (χ0n) is 18.8. The quantitative estimate of drug-likeness (QED) is 0.503. The molecule has 2 aromatic carbocycles. The highest BCUT2D eigenvalue weighted by Crippen LogP contribution is 2.27. The molecule has 1 aliphatic heterocycles. The van der Waals surface area contributed by atoms with Crippen molar-refractivity contribution in [1.29, 1.82) is 0 Å². The van der Waals surface area contributed by atoms with Crippen LogP contribution in [0.25, 0.3) is 11.3 Å². The van der Waals surface area contributed by atoms with E-state index in [4.69, 9.17) is 4.74 Å². The summed E-state index contributed by atoms with van der Waals surface area (Å²) in [5.41, 5.74) is 3.21. The van der Waals surface area contributed by atoms with Gasteiger partial charge in [0.1, 0.15) is 12.6 Å². The molecule has 1 saturated heterocycles. The van der Waals surface area contributed by atoms with E-state index in [0.717, 1.165) is 28.9 Å². The number of likely N-dealkylation sites (tertiary alicyclic amines) is 1. The highest BCUT2D eigenvalue weighted by atomic mass is 32.1. The van der Waals surface area contributed by atoms with Gasteiger partial charge >= 0.3 is 6.09 Å². The van der Waals surface area contributed by atoms with Crippen LogP contribution in [-0.2, 0) is 20.9 Å². The molecule has 2 N–H and O–H groups in total. The van der Waals surface area contributed by atoms with E-state index in [0.29, 0.717) is 24.5 Å². The molecule has 4 rings (SSSR count). The van der Waals surface area contributed by atoms with Crippen LogP contribution in [0.2, 0.25) is 0 Å². The molecule has 1 fully saturated rings. The summed E-state index contributed by atoms with van der Waals surface area (Å²) in [5.74, 6) is -0.316. The number of rotatable bonds is 7. The third-order valence-electron chi connectivity index (χ3n) is 5.51. The van der Waals surface area contributed by atoms with Gasteiger partial charge in [0.15, 0.2) is 5.13 Å². The molecule has 176 valence electrons. The smallest absolute Gasteiger partial charge is 0.410 e. The van der Waals surface area contributed by atoms with Crippen LogP contribution < -0.4 is 10.6 Å². The zero-order chi connectivity index (χ0) is 23.9. The Labute approximate surface area is 202 Å². The second-order valence-corrected chi connectivity index (χ2v) is 8.76. The third-order valence-corrected chi connectivity index (χ3v) is 6.27. The number of amides is 3. The molecule has 2 heterocycles. The summed E-state index contributed by atoms with van der Waals surface area (Å²) in [6, 6.07) is 16.2.